The van der Waals surface area contributed by atoms with E-state index in [2.05, 4.69) is 0 Å². The number of aliphatic carboxylic acids is 1. The van der Waals surface area contributed by atoms with Crippen LogP contribution in [0.25, 0.3) is 0 Å². The molecule has 2 unspecified atom stereocenters. The number of rotatable bonds is 4. The summed E-state index contributed by atoms with van der Waals surface area (Å²) in [5.41, 5.74) is 7.18. The number of carboxylic acid groups (broad SMARTS) is 1. The van der Waals surface area contributed by atoms with E-state index in [4.69, 9.17) is 5.73 Å². The Morgan fingerprint density at radius 2 is 2.16 bits per heavy atom. The Labute approximate surface area is 112 Å². The van der Waals surface area contributed by atoms with E-state index in [0.717, 1.165) is 17.5 Å². The van der Waals surface area contributed by atoms with Crippen LogP contribution in [0.1, 0.15) is 30.5 Å². The lowest BCUT2D eigenvalue weighted by atomic mass is 9.91. The second-order valence-corrected chi connectivity index (χ2v) is 4.75. The molecule has 19 heavy (non-hydrogen) atoms. The van der Waals surface area contributed by atoms with Crippen molar-refractivity contribution in [2.75, 3.05) is 6.54 Å². The standard InChI is InChI=1S/C14H18N2O3/c1-2-11(13(15)17)16-8-7-9-5-3-4-6-10(9)12(16)14(18)19/h3-6,11-12H,2,7-8H2,1H3,(H2,15,17)(H,18,19). The van der Waals surface area contributed by atoms with Gasteiger partial charge in [0.05, 0.1) is 6.04 Å². The van der Waals surface area contributed by atoms with Crippen molar-refractivity contribution in [3.05, 3.63) is 35.4 Å². The lowest BCUT2D eigenvalue weighted by molar-refractivity contribution is -0.146. The molecule has 0 bridgehead atoms. The Morgan fingerprint density at radius 1 is 1.47 bits per heavy atom. The molecule has 3 N–H and O–H groups in total. The van der Waals surface area contributed by atoms with Crippen LogP contribution in [0.15, 0.2) is 24.3 Å². The molecule has 2 atom stereocenters. The molecule has 1 aliphatic rings. The maximum Gasteiger partial charge on any atom is 0.325 e. The highest BCUT2D eigenvalue weighted by molar-refractivity contribution is 5.82. The topological polar surface area (TPSA) is 83.6 Å². The Hall–Kier alpha value is -1.88. The van der Waals surface area contributed by atoms with Crippen molar-refractivity contribution < 1.29 is 14.7 Å². The van der Waals surface area contributed by atoms with Crippen molar-refractivity contribution in [3.8, 4) is 0 Å². The third-order valence-corrected chi connectivity index (χ3v) is 3.67. The molecule has 0 aliphatic carbocycles. The van der Waals surface area contributed by atoms with Gasteiger partial charge in [-0.1, -0.05) is 31.2 Å². The van der Waals surface area contributed by atoms with Gasteiger partial charge in [0.1, 0.15) is 6.04 Å². The predicted molar refractivity (Wildman–Crippen MR) is 70.5 cm³/mol. The van der Waals surface area contributed by atoms with Gasteiger partial charge < -0.3 is 10.8 Å². The summed E-state index contributed by atoms with van der Waals surface area (Å²) < 4.78 is 0. The van der Waals surface area contributed by atoms with Crippen LogP contribution in [0, 0.1) is 0 Å². The maximum atomic E-state index is 11.6. The Balaban J connectivity index is 2.42. The Kier molecular flexibility index (Phi) is 3.85. The van der Waals surface area contributed by atoms with Crippen LogP contribution in [-0.4, -0.2) is 34.5 Å². The molecule has 0 aromatic heterocycles. The first-order valence-electron chi connectivity index (χ1n) is 6.42. The van der Waals surface area contributed by atoms with Crippen LogP contribution >= 0.6 is 0 Å². The summed E-state index contributed by atoms with van der Waals surface area (Å²) in [4.78, 5) is 24.8. The molecule has 0 fully saturated rings. The molecule has 5 nitrogen and oxygen atoms in total. The van der Waals surface area contributed by atoms with Crippen molar-refractivity contribution >= 4 is 11.9 Å². The molecule has 1 aromatic carbocycles. The van der Waals surface area contributed by atoms with E-state index in [1.54, 1.807) is 4.90 Å². The second kappa shape index (κ2) is 5.40. The number of primary amides is 1. The van der Waals surface area contributed by atoms with Gasteiger partial charge in [-0.3, -0.25) is 14.5 Å². The van der Waals surface area contributed by atoms with Gasteiger partial charge in [0.15, 0.2) is 0 Å². The van der Waals surface area contributed by atoms with Gasteiger partial charge in [-0.25, -0.2) is 0 Å². The molecule has 1 heterocycles. The third kappa shape index (κ3) is 2.46. The summed E-state index contributed by atoms with van der Waals surface area (Å²) in [6.07, 6.45) is 1.25. The Bertz CT molecular complexity index is 501. The second-order valence-electron chi connectivity index (χ2n) is 4.75. The fourth-order valence-corrected chi connectivity index (χ4v) is 2.80. The summed E-state index contributed by atoms with van der Waals surface area (Å²) in [7, 11) is 0. The van der Waals surface area contributed by atoms with Crippen LogP contribution in [0.3, 0.4) is 0 Å². The van der Waals surface area contributed by atoms with E-state index < -0.39 is 24.0 Å². The average Bonchev–Trinajstić information content (AvgIpc) is 2.38. The summed E-state index contributed by atoms with van der Waals surface area (Å²) in [6, 6.07) is 6.15. The van der Waals surface area contributed by atoms with Gasteiger partial charge in [0.25, 0.3) is 0 Å². The fourth-order valence-electron chi connectivity index (χ4n) is 2.80. The van der Waals surface area contributed by atoms with E-state index in [0.29, 0.717) is 13.0 Å². The highest BCUT2D eigenvalue weighted by Gasteiger charge is 2.38. The molecule has 1 aromatic rings. The molecule has 0 saturated heterocycles. The highest BCUT2D eigenvalue weighted by Crippen LogP contribution is 2.32. The lowest BCUT2D eigenvalue weighted by Crippen LogP contribution is -2.51. The first-order chi connectivity index (χ1) is 9.06. The normalized spacial score (nSPS) is 20.6. The van der Waals surface area contributed by atoms with Crippen LogP contribution in [-0.2, 0) is 16.0 Å². The molecule has 0 radical (unpaired) electrons. The summed E-state index contributed by atoms with van der Waals surface area (Å²) in [5.74, 6) is -1.40. The zero-order chi connectivity index (χ0) is 14.0. The maximum absolute atomic E-state index is 11.6. The van der Waals surface area contributed by atoms with Gasteiger partial charge in [-0.15, -0.1) is 0 Å². The third-order valence-electron chi connectivity index (χ3n) is 3.67. The van der Waals surface area contributed by atoms with Gasteiger partial charge in [-0.2, -0.15) is 0 Å². The van der Waals surface area contributed by atoms with Crippen LogP contribution < -0.4 is 5.73 Å². The number of benzene rings is 1. The number of carboxylic acids is 1. The number of fused-ring (bicyclic) bond motifs is 1. The molecular weight excluding hydrogens is 244 g/mol. The number of carbonyl (C=O) groups excluding carboxylic acids is 1. The van der Waals surface area contributed by atoms with Crippen LogP contribution in [0.5, 0.6) is 0 Å². The van der Waals surface area contributed by atoms with E-state index in [-0.39, 0.29) is 0 Å². The monoisotopic (exact) mass is 262 g/mol. The highest BCUT2D eigenvalue weighted by atomic mass is 16.4. The molecule has 2 rings (SSSR count). The van der Waals surface area contributed by atoms with Gasteiger partial charge in [-0.05, 0) is 24.0 Å². The number of carbonyl (C=O) groups is 2. The number of hydrogen-bond donors (Lipinski definition) is 2. The van der Waals surface area contributed by atoms with Gasteiger partial charge in [0, 0.05) is 6.54 Å². The van der Waals surface area contributed by atoms with Crippen molar-refractivity contribution in [2.24, 2.45) is 5.73 Å². The average molecular weight is 262 g/mol. The molecule has 5 heteroatoms. The van der Waals surface area contributed by atoms with Gasteiger partial charge >= 0.3 is 5.97 Å². The van der Waals surface area contributed by atoms with E-state index in [9.17, 15) is 14.7 Å². The van der Waals surface area contributed by atoms with E-state index >= 15 is 0 Å². The number of nitrogens with two attached hydrogens (primary N) is 1. The first-order valence-corrected chi connectivity index (χ1v) is 6.42. The minimum absolute atomic E-state index is 0.465. The fraction of sp³-hybridized carbons (Fsp3) is 0.429. The molecular formula is C14H18N2O3. The SMILES string of the molecule is CCC(C(N)=O)N1CCc2ccccc2C1C(=O)O. The first kappa shape index (κ1) is 13.5. The number of amides is 1. The minimum atomic E-state index is -0.938. The largest absolute Gasteiger partial charge is 0.480 e. The quantitative estimate of drug-likeness (QED) is 0.845. The van der Waals surface area contributed by atoms with Crippen molar-refractivity contribution in [3.63, 3.8) is 0 Å². The van der Waals surface area contributed by atoms with Crippen LogP contribution in [0.4, 0.5) is 0 Å². The molecule has 0 spiro atoms. The molecule has 0 saturated carbocycles. The molecule has 1 aliphatic heterocycles. The molecule has 1 amide bonds. The predicted octanol–water partition coefficient (Wildman–Crippen LogP) is 0.934. The minimum Gasteiger partial charge on any atom is -0.480 e. The zero-order valence-corrected chi connectivity index (χ0v) is 10.9. The smallest absolute Gasteiger partial charge is 0.325 e. The molecule has 102 valence electrons. The van der Waals surface area contributed by atoms with E-state index in [1.165, 1.54) is 0 Å². The summed E-state index contributed by atoms with van der Waals surface area (Å²) >= 11 is 0. The summed E-state index contributed by atoms with van der Waals surface area (Å²) in [6.45, 7) is 2.38. The van der Waals surface area contributed by atoms with Crippen molar-refractivity contribution in [2.45, 2.75) is 31.8 Å². The Morgan fingerprint density at radius 3 is 2.74 bits per heavy atom. The van der Waals surface area contributed by atoms with Crippen molar-refractivity contribution in [1.82, 2.24) is 4.90 Å². The van der Waals surface area contributed by atoms with Crippen molar-refractivity contribution in [1.29, 1.82) is 0 Å². The number of hydrogen-bond acceptors (Lipinski definition) is 3. The van der Waals surface area contributed by atoms with E-state index in [1.807, 2.05) is 31.2 Å². The lowest BCUT2D eigenvalue weighted by Gasteiger charge is -2.38. The zero-order valence-electron chi connectivity index (χ0n) is 10.9. The van der Waals surface area contributed by atoms with Crippen LogP contribution in [0.2, 0.25) is 0 Å². The van der Waals surface area contributed by atoms with Gasteiger partial charge in [0.2, 0.25) is 5.91 Å². The number of nitrogens with zero attached hydrogens (tertiary/aromatic N) is 1. The summed E-state index contributed by atoms with van der Waals surface area (Å²) in [5, 5.41) is 9.49.